The molecule has 0 saturated heterocycles. The fraction of sp³-hybridized carbons (Fsp3) is 0.667. The standard InChI is InChI=1S/C12H18N2O3S/c13-7-10-3-4-11(17-10)18(15,16)14-8-12(5-6-12)9-1-2-9/h3-4,9,14H,1-2,5-8,13H2. The maximum atomic E-state index is 12.0. The second-order valence-corrected chi connectivity index (χ2v) is 7.08. The van der Waals surface area contributed by atoms with Crippen molar-refractivity contribution in [2.24, 2.45) is 17.1 Å². The Morgan fingerprint density at radius 3 is 2.61 bits per heavy atom. The number of sulfonamides is 1. The van der Waals surface area contributed by atoms with Crippen LogP contribution in [0.15, 0.2) is 21.6 Å². The van der Waals surface area contributed by atoms with Gasteiger partial charge in [0.1, 0.15) is 5.76 Å². The summed E-state index contributed by atoms with van der Waals surface area (Å²) in [5.74, 6) is 1.22. The van der Waals surface area contributed by atoms with E-state index in [0.717, 1.165) is 18.8 Å². The molecule has 1 aromatic rings. The molecule has 1 heterocycles. The van der Waals surface area contributed by atoms with Gasteiger partial charge in [-0.05, 0) is 49.1 Å². The molecule has 2 fully saturated rings. The molecule has 1 aromatic heterocycles. The summed E-state index contributed by atoms with van der Waals surface area (Å²) in [6, 6.07) is 3.06. The Balaban J connectivity index is 1.67. The zero-order valence-electron chi connectivity index (χ0n) is 10.2. The van der Waals surface area contributed by atoms with Gasteiger partial charge in [-0.15, -0.1) is 0 Å². The van der Waals surface area contributed by atoms with E-state index in [2.05, 4.69) is 4.72 Å². The largest absolute Gasteiger partial charge is 0.447 e. The Labute approximate surface area is 107 Å². The summed E-state index contributed by atoms with van der Waals surface area (Å²) < 4.78 is 31.9. The van der Waals surface area contributed by atoms with Crippen molar-refractivity contribution in [3.05, 3.63) is 17.9 Å². The van der Waals surface area contributed by atoms with Crippen molar-refractivity contribution in [2.45, 2.75) is 37.3 Å². The number of nitrogens with two attached hydrogens (primary N) is 1. The molecular weight excluding hydrogens is 252 g/mol. The predicted molar refractivity (Wildman–Crippen MR) is 66.2 cm³/mol. The molecular formula is C12H18N2O3S. The normalized spacial score (nSPS) is 22.1. The average Bonchev–Trinajstić information content (AvgIpc) is 3.24. The van der Waals surface area contributed by atoms with Crippen LogP contribution in [0.4, 0.5) is 0 Å². The lowest BCUT2D eigenvalue weighted by Crippen LogP contribution is -2.31. The van der Waals surface area contributed by atoms with Crippen molar-refractivity contribution in [1.29, 1.82) is 0 Å². The quantitative estimate of drug-likeness (QED) is 0.813. The molecule has 3 rings (SSSR count). The molecule has 2 saturated carbocycles. The van der Waals surface area contributed by atoms with Crippen LogP contribution in [-0.2, 0) is 16.6 Å². The van der Waals surface area contributed by atoms with E-state index in [-0.39, 0.29) is 17.1 Å². The monoisotopic (exact) mass is 270 g/mol. The van der Waals surface area contributed by atoms with E-state index < -0.39 is 10.0 Å². The lowest BCUT2D eigenvalue weighted by Gasteiger charge is -2.14. The van der Waals surface area contributed by atoms with Gasteiger partial charge in [-0.25, -0.2) is 13.1 Å². The van der Waals surface area contributed by atoms with Gasteiger partial charge in [0.2, 0.25) is 5.09 Å². The molecule has 5 nitrogen and oxygen atoms in total. The third-order valence-electron chi connectivity index (χ3n) is 4.05. The Morgan fingerprint density at radius 2 is 2.11 bits per heavy atom. The van der Waals surface area contributed by atoms with Crippen LogP contribution in [0, 0.1) is 11.3 Å². The Kier molecular flexibility index (Phi) is 2.76. The number of hydrogen-bond acceptors (Lipinski definition) is 4. The van der Waals surface area contributed by atoms with Crippen LogP contribution in [-0.4, -0.2) is 15.0 Å². The van der Waals surface area contributed by atoms with Crippen molar-refractivity contribution >= 4 is 10.0 Å². The zero-order valence-corrected chi connectivity index (χ0v) is 11.0. The van der Waals surface area contributed by atoms with Gasteiger partial charge >= 0.3 is 0 Å². The molecule has 2 aliphatic carbocycles. The molecule has 0 aliphatic heterocycles. The lowest BCUT2D eigenvalue weighted by molar-refractivity contribution is 0.401. The van der Waals surface area contributed by atoms with E-state index in [4.69, 9.17) is 10.2 Å². The second-order valence-electron chi connectivity index (χ2n) is 5.39. The van der Waals surface area contributed by atoms with Crippen LogP contribution in [0.5, 0.6) is 0 Å². The van der Waals surface area contributed by atoms with Gasteiger partial charge in [0.05, 0.1) is 6.54 Å². The minimum Gasteiger partial charge on any atom is -0.447 e. The highest BCUT2D eigenvalue weighted by Gasteiger charge is 2.53. The fourth-order valence-electron chi connectivity index (χ4n) is 2.51. The molecule has 0 aromatic carbocycles. The van der Waals surface area contributed by atoms with Crippen molar-refractivity contribution in [3.63, 3.8) is 0 Å². The van der Waals surface area contributed by atoms with Gasteiger partial charge in [0.25, 0.3) is 10.0 Å². The van der Waals surface area contributed by atoms with E-state index in [1.54, 1.807) is 6.07 Å². The molecule has 0 amide bonds. The number of furan rings is 1. The molecule has 0 radical (unpaired) electrons. The van der Waals surface area contributed by atoms with Crippen molar-refractivity contribution in [1.82, 2.24) is 4.72 Å². The summed E-state index contributed by atoms with van der Waals surface area (Å²) in [6.45, 7) is 0.750. The predicted octanol–water partition coefficient (Wildman–Crippen LogP) is 1.21. The first kappa shape index (κ1) is 12.2. The van der Waals surface area contributed by atoms with Crippen LogP contribution in [0.2, 0.25) is 0 Å². The molecule has 0 spiro atoms. The Bertz CT molecular complexity index is 541. The van der Waals surface area contributed by atoms with Gasteiger partial charge in [-0.1, -0.05) is 0 Å². The molecule has 0 bridgehead atoms. The highest BCUT2D eigenvalue weighted by atomic mass is 32.2. The summed E-state index contributed by atoms with van der Waals surface area (Å²) in [6.07, 6.45) is 4.79. The number of nitrogens with one attached hydrogen (secondary N) is 1. The fourth-order valence-corrected chi connectivity index (χ4v) is 3.59. The summed E-state index contributed by atoms with van der Waals surface area (Å²) >= 11 is 0. The van der Waals surface area contributed by atoms with Gasteiger partial charge in [-0.3, -0.25) is 0 Å². The minimum absolute atomic E-state index is 0.0328. The van der Waals surface area contributed by atoms with Gasteiger partial charge in [0.15, 0.2) is 0 Å². The molecule has 6 heteroatoms. The topological polar surface area (TPSA) is 85.3 Å². The average molecular weight is 270 g/mol. The van der Waals surface area contributed by atoms with Crippen LogP contribution < -0.4 is 10.5 Å². The van der Waals surface area contributed by atoms with Crippen LogP contribution in [0.1, 0.15) is 31.4 Å². The van der Waals surface area contributed by atoms with E-state index >= 15 is 0 Å². The molecule has 0 unspecified atom stereocenters. The van der Waals surface area contributed by atoms with Crippen molar-refractivity contribution in [3.8, 4) is 0 Å². The number of hydrogen-bond donors (Lipinski definition) is 2. The smallest absolute Gasteiger partial charge is 0.273 e. The SMILES string of the molecule is NCc1ccc(S(=O)(=O)NCC2(C3CC3)CC2)o1. The van der Waals surface area contributed by atoms with Crippen LogP contribution in [0.3, 0.4) is 0 Å². The third-order valence-corrected chi connectivity index (χ3v) is 5.33. The molecule has 3 N–H and O–H groups in total. The van der Waals surface area contributed by atoms with E-state index in [1.807, 2.05) is 0 Å². The third kappa shape index (κ3) is 2.20. The van der Waals surface area contributed by atoms with Crippen molar-refractivity contribution in [2.75, 3.05) is 6.54 Å². The highest BCUT2D eigenvalue weighted by molar-refractivity contribution is 7.89. The summed E-state index contributed by atoms with van der Waals surface area (Å²) in [5.41, 5.74) is 5.65. The Hall–Kier alpha value is -0.850. The van der Waals surface area contributed by atoms with Gasteiger partial charge in [-0.2, -0.15) is 0 Å². The molecule has 18 heavy (non-hydrogen) atoms. The minimum atomic E-state index is -3.52. The molecule has 0 atom stereocenters. The Morgan fingerprint density at radius 1 is 1.39 bits per heavy atom. The van der Waals surface area contributed by atoms with E-state index in [9.17, 15) is 8.42 Å². The first-order valence-corrected chi connectivity index (χ1v) is 7.82. The molecule has 2 aliphatic rings. The van der Waals surface area contributed by atoms with Crippen molar-refractivity contribution < 1.29 is 12.8 Å². The summed E-state index contributed by atoms with van der Waals surface area (Å²) in [4.78, 5) is 0. The summed E-state index contributed by atoms with van der Waals surface area (Å²) in [7, 11) is -3.52. The second kappa shape index (κ2) is 4.08. The maximum absolute atomic E-state index is 12.0. The maximum Gasteiger partial charge on any atom is 0.273 e. The van der Waals surface area contributed by atoms with Gasteiger partial charge in [0, 0.05) is 6.54 Å². The van der Waals surface area contributed by atoms with Gasteiger partial charge < -0.3 is 10.2 Å². The first-order chi connectivity index (χ1) is 8.56. The van der Waals surface area contributed by atoms with E-state index in [1.165, 1.54) is 18.9 Å². The highest BCUT2D eigenvalue weighted by Crippen LogP contribution is 2.60. The summed E-state index contributed by atoms with van der Waals surface area (Å²) in [5, 5.41) is -0.0328. The van der Waals surface area contributed by atoms with E-state index in [0.29, 0.717) is 12.3 Å². The molecule has 100 valence electrons. The van der Waals surface area contributed by atoms with Crippen LogP contribution in [0.25, 0.3) is 0 Å². The number of rotatable bonds is 6. The first-order valence-electron chi connectivity index (χ1n) is 6.34. The van der Waals surface area contributed by atoms with Crippen LogP contribution >= 0.6 is 0 Å². The zero-order chi connectivity index (χ0) is 12.8. The lowest BCUT2D eigenvalue weighted by atomic mass is 10.0.